The number of hydrogen-bond acceptors (Lipinski definition) is 6. The van der Waals surface area contributed by atoms with E-state index in [2.05, 4.69) is 5.32 Å². The van der Waals surface area contributed by atoms with E-state index in [1.54, 1.807) is 37.3 Å². The first kappa shape index (κ1) is 20.8. The van der Waals surface area contributed by atoms with Crippen LogP contribution >= 0.6 is 0 Å². The minimum atomic E-state index is -0.113. The molecule has 8 nitrogen and oxygen atoms in total. The zero-order valence-electron chi connectivity index (χ0n) is 17.7. The number of nitrogens with one attached hydrogen (secondary N) is 1. The predicted molar refractivity (Wildman–Crippen MR) is 113 cm³/mol. The molecule has 2 heterocycles. The Labute approximate surface area is 181 Å². The minimum Gasteiger partial charge on any atom is -0.497 e. The second kappa shape index (κ2) is 9.16. The van der Waals surface area contributed by atoms with Crippen molar-refractivity contribution in [1.82, 2.24) is 10.2 Å². The number of amides is 2. The molecule has 2 aliphatic rings. The van der Waals surface area contributed by atoms with Crippen LogP contribution in [-0.2, 0) is 11.3 Å². The largest absolute Gasteiger partial charge is 0.497 e. The summed E-state index contributed by atoms with van der Waals surface area (Å²) in [7, 11) is 3.10. The Kier molecular flexibility index (Phi) is 6.16. The lowest BCUT2D eigenvalue weighted by Crippen LogP contribution is -2.42. The molecule has 1 N–H and O–H groups in total. The Morgan fingerprint density at radius 2 is 1.68 bits per heavy atom. The van der Waals surface area contributed by atoms with Crippen LogP contribution in [0.3, 0.4) is 0 Å². The molecule has 0 radical (unpaired) electrons. The van der Waals surface area contributed by atoms with Crippen LogP contribution in [0, 0.1) is 5.92 Å². The summed E-state index contributed by atoms with van der Waals surface area (Å²) in [5, 5.41) is 2.99. The average Bonchev–Trinajstić information content (AvgIpc) is 3.29. The van der Waals surface area contributed by atoms with Crippen LogP contribution in [0.1, 0.15) is 28.8 Å². The first-order valence-electron chi connectivity index (χ1n) is 10.3. The highest BCUT2D eigenvalue weighted by atomic mass is 16.7. The number of likely N-dealkylation sites (tertiary alicyclic amines) is 1. The van der Waals surface area contributed by atoms with E-state index in [4.69, 9.17) is 18.9 Å². The zero-order chi connectivity index (χ0) is 21.8. The van der Waals surface area contributed by atoms with E-state index in [1.165, 1.54) is 0 Å². The topological polar surface area (TPSA) is 86.3 Å². The van der Waals surface area contributed by atoms with E-state index < -0.39 is 0 Å². The lowest BCUT2D eigenvalue weighted by atomic mass is 9.95. The maximum atomic E-state index is 12.9. The third-order valence-electron chi connectivity index (χ3n) is 5.66. The second-order valence-electron chi connectivity index (χ2n) is 7.57. The summed E-state index contributed by atoms with van der Waals surface area (Å²) in [6, 6.07) is 10.8. The molecule has 2 aliphatic heterocycles. The van der Waals surface area contributed by atoms with Gasteiger partial charge in [-0.1, -0.05) is 6.07 Å². The molecule has 0 saturated carbocycles. The van der Waals surface area contributed by atoms with E-state index in [0.717, 1.165) is 11.3 Å². The fourth-order valence-electron chi connectivity index (χ4n) is 3.84. The summed E-state index contributed by atoms with van der Waals surface area (Å²) >= 11 is 0. The Morgan fingerprint density at radius 3 is 2.35 bits per heavy atom. The lowest BCUT2D eigenvalue weighted by Gasteiger charge is -2.31. The molecule has 2 aromatic carbocycles. The first-order chi connectivity index (χ1) is 15.1. The normalized spacial score (nSPS) is 15.5. The van der Waals surface area contributed by atoms with Crippen LogP contribution in [0.15, 0.2) is 36.4 Å². The number of ether oxygens (including phenoxy) is 4. The van der Waals surface area contributed by atoms with Gasteiger partial charge in [0, 0.05) is 37.2 Å². The van der Waals surface area contributed by atoms with E-state index >= 15 is 0 Å². The van der Waals surface area contributed by atoms with Crippen molar-refractivity contribution in [2.75, 3.05) is 34.1 Å². The third kappa shape index (κ3) is 4.68. The maximum Gasteiger partial charge on any atom is 0.254 e. The maximum absolute atomic E-state index is 12.9. The summed E-state index contributed by atoms with van der Waals surface area (Å²) in [6.45, 7) is 1.71. The number of carbonyl (C=O) groups excluding carboxylic acids is 2. The molecule has 0 unspecified atom stereocenters. The fraction of sp³-hybridized carbons (Fsp3) is 0.391. The van der Waals surface area contributed by atoms with Gasteiger partial charge in [-0.05, 0) is 42.7 Å². The molecule has 164 valence electrons. The van der Waals surface area contributed by atoms with E-state index in [1.807, 2.05) is 18.2 Å². The van der Waals surface area contributed by atoms with Crippen molar-refractivity contribution < 1.29 is 28.5 Å². The summed E-state index contributed by atoms with van der Waals surface area (Å²) in [6.07, 6.45) is 1.25. The van der Waals surface area contributed by atoms with Gasteiger partial charge in [0.2, 0.25) is 12.7 Å². The van der Waals surface area contributed by atoms with Gasteiger partial charge in [0.15, 0.2) is 11.5 Å². The van der Waals surface area contributed by atoms with Crippen LogP contribution < -0.4 is 24.3 Å². The van der Waals surface area contributed by atoms with Gasteiger partial charge >= 0.3 is 0 Å². The number of benzene rings is 2. The van der Waals surface area contributed by atoms with Crippen molar-refractivity contribution in [2.45, 2.75) is 19.4 Å². The molecular formula is C23H26N2O6. The molecule has 0 atom stereocenters. The molecular weight excluding hydrogens is 400 g/mol. The lowest BCUT2D eigenvalue weighted by molar-refractivity contribution is -0.126. The molecule has 0 bridgehead atoms. The fourth-order valence-corrected chi connectivity index (χ4v) is 3.84. The molecule has 8 heteroatoms. The zero-order valence-corrected chi connectivity index (χ0v) is 17.7. The molecule has 4 rings (SSSR count). The highest BCUT2D eigenvalue weighted by Gasteiger charge is 2.28. The monoisotopic (exact) mass is 426 g/mol. The van der Waals surface area contributed by atoms with Crippen molar-refractivity contribution in [3.8, 4) is 23.0 Å². The van der Waals surface area contributed by atoms with Gasteiger partial charge in [0.25, 0.3) is 5.91 Å². The number of fused-ring (bicyclic) bond motifs is 1. The van der Waals surface area contributed by atoms with E-state index in [-0.39, 0.29) is 24.5 Å². The summed E-state index contributed by atoms with van der Waals surface area (Å²) in [5.74, 6) is 2.37. The molecule has 0 aliphatic carbocycles. The number of rotatable bonds is 6. The molecule has 0 spiro atoms. The van der Waals surface area contributed by atoms with E-state index in [9.17, 15) is 9.59 Å². The number of methoxy groups -OCH3 is 2. The number of carbonyl (C=O) groups is 2. The van der Waals surface area contributed by atoms with Crippen molar-refractivity contribution in [3.63, 3.8) is 0 Å². The van der Waals surface area contributed by atoms with Gasteiger partial charge in [-0.25, -0.2) is 0 Å². The molecule has 2 amide bonds. The molecule has 2 aromatic rings. The molecule has 31 heavy (non-hydrogen) atoms. The standard InChI is InChI=1S/C23H26N2O6/c1-28-18-10-17(11-19(12-18)29-2)23(27)25-7-5-16(6-8-25)22(26)24-13-15-3-4-20-21(9-15)31-14-30-20/h3-4,9-12,16H,5-8,13-14H2,1-2H3,(H,24,26). The Bertz CT molecular complexity index is 946. The molecule has 0 aromatic heterocycles. The van der Waals surface area contributed by atoms with Crippen LogP contribution in [0.2, 0.25) is 0 Å². The highest BCUT2D eigenvalue weighted by molar-refractivity contribution is 5.95. The summed E-state index contributed by atoms with van der Waals surface area (Å²) in [4.78, 5) is 27.3. The van der Waals surface area contributed by atoms with Gasteiger partial charge in [-0.3, -0.25) is 9.59 Å². The minimum absolute atomic E-state index is 0.00724. The average molecular weight is 426 g/mol. The van der Waals surface area contributed by atoms with Crippen LogP contribution in [0.25, 0.3) is 0 Å². The first-order valence-corrected chi connectivity index (χ1v) is 10.3. The third-order valence-corrected chi connectivity index (χ3v) is 5.66. The van der Waals surface area contributed by atoms with Crippen molar-refractivity contribution >= 4 is 11.8 Å². The van der Waals surface area contributed by atoms with E-state index in [0.29, 0.717) is 55.3 Å². The van der Waals surface area contributed by atoms with Crippen molar-refractivity contribution in [1.29, 1.82) is 0 Å². The van der Waals surface area contributed by atoms with Gasteiger partial charge in [-0.2, -0.15) is 0 Å². The van der Waals surface area contributed by atoms with Crippen LogP contribution in [0.5, 0.6) is 23.0 Å². The van der Waals surface area contributed by atoms with Crippen LogP contribution in [-0.4, -0.2) is 50.8 Å². The Balaban J connectivity index is 1.30. The summed E-state index contributed by atoms with van der Waals surface area (Å²) in [5.41, 5.74) is 1.47. The Hall–Kier alpha value is -3.42. The smallest absolute Gasteiger partial charge is 0.254 e. The number of hydrogen-bond donors (Lipinski definition) is 1. The van der Waals surface area contributed by atoms with Crippen molar-refractivity contribution in [2.24, 2.45) is 5.92 Å². The number of nitrogens with zero attached hydrogens (tertiary/aromatic N) is 1. The van der Waals surface area contributed by atoms with Gasteiger partial charge in [0.05, 0.1) is 14.2 Å². The number of piperidine rings is 1. The molecule has 1 fully saturated rings. The van der Waals surface area contributed by atoms with Crippen molar-refractivity contribution in [3.05, 3.63) is 47.5 Å². The SMILES string of the molecule is COc1cc(OC)cc(C(=O)N2CCC(C(=O)NCc3ccc4c(c3)OCO4)CC2)c1. The predicted octanol–water partition coefficient (Wildman–Crippen LogP) is 2.60. The molecule has 1 saturated heterocycles. The second-order valence-corrected chi connectivity index (χ2v) is 7.57. The summed E-state index contributed by atoms with van der Waals surface area (Å²) < 4.78 is 21.2. The Morgan fingerprint density at radius 1 is 1.00 bits per heavy atom. The quantitative estimate of drug-likeness (QED) is 0.764. The van der Waals surface area contributed by atoms with Gasteiger partial charge in [0.1, 0.15) is 11.5 Å². The van der Waals surface area contributed by atoms with Gasteiger partial charge in [-0.15, -0.1) is 0 Å². The van der Waals surface area contributed by atoms with Crippen LogP contribution in [0.4, 0.5) is 0 Å². The van der Waals surface area contributed by atoms with Gasteiger partial charge < -0.3 is 29.2 Å². The highest BCUT2D eigenvalue weighted by Crippen LogP contribution is 2.32.